The Hall–Kier alpha value is -2.98. The summed E-state index contributed by atoms with van der Waals surface area (Å²) in [5.41, 5.74) is 11.6. The van der Waals surface area contributed by atoms with Crippen LogP contribution in [0.1, 0.15) is 45.1 Å². The fraction of sp³-hybridized carbons (Fsp3) is 0.565. The quantitative estimate of drug-likeness (QED) is 0.197. The molecule has 8 N–H and O–H groups in total. The molecule has 1 aromatic carbocycles. The van der Waals surface area contributed by atoms with Gasteiger partial charge in [0, 0.05) is 6.42 Å². The van der Waals surface area contributed by atoms with Gasteiger partial charge < -0.3 is 32.5 Å². The number of hydrogen-bond donors (Lipinski definition) is 6. The highest BCUT2D eigenvalue weighted by molar-refractivity contribution is 5.93. The molecule has 0 spiro atoms. The van der Waals surface area contributed by atoms with Gasteiger partial charge in [-0.1, -0.05) is 50.6 Å². The van der Waals surface area contributed by atoms with E-state index in [9.17, 15) is 24.3 Å². The highest BCUT2D eigenvalue weighted by Gasteiger charge is 2.31. The van der Waals surface area contributed by atoms with Crippen molar-refractivity contribution in [1.29, 1.82) is 0 Å². The zero-order chi connectivity index (χ0) is 24.8. The van der Waals surface area contributed by atoms with E-state index >= 15 is 0 Å². The predicted molar refractivity (Wildman–Crippen MR) is 125 cm³/mol. The maximum Gasteiger partial charge on any atom is 0.326 e. The smallest absolute Gasteiger partial charge is 0.326 e. The van der Waals surface area contributed by atoms with E-state index in [2.05, 4.69) is 16.0 Å². The van der Waals surface area contributed by atoms with Crippen molar-refractivity contribution in [3.8, 4) is 0 Å². The minimum atomic E-state index is -1.15. The van der Waals surface area contributed by atoms with E-state index in [0.717, 1.165) is 5.56 Å². The van der Waals surface area contributed by atoms with E-state index in [0.29, 0.717) is 25.8 Å². The molecule has 0 aliphatic carbocycles. The van der Waals surface area contributed by atoms with Gasteiger partial charge in [0.15, 0.2) is 0 Å². The largest absolute Gasteiger partial charge is 0.480 e. The fourth-order valence-corrected chi connectivity index (χ4v) is 3.28. The van der Waals surface area contributed by atoms with Gasteiger partial charge >= 0.3 is 5.97 Å². The van der Waals surface area contributed by atoms with E-state index in [1.54, 1.807) is 0 Å². The standard InChI is InChI=1S/C23H37N5O5/c1-3-15(2)20(28-19(29)14-25)22(31)27-18(13-16-9-5-4-6-10-16)21(30)26-17(23(32)33)11-7-8-12-24/h4-6,9-10,15,17-18,20H,3,7-8,11-14,24-25H2,1-2H3,(H,26,30)(H,27,31)(H,28,29)(H,32,33). The number of aliphatic carboxylic acids is 1. The van der Waals surface area contributed by atoms with Gasteiger partial charge in [0.05, 0.1) is 6.54 Å². The number of carboxylic acid groups (broad SMARTS) is 1. The summed E-state index contributed by atoms with van der Waals surface area (Å²) in [7, 11) is 0. The monoisotopic (exact) mass is 463 g/mol. The first-order chi connectivity index (χ1) is 15.7. The van der Waals surface area contributed by atoms with Gasteiger partial charge in [0.2, 0.25) is 17.7 Å². The first-order valence-electron chi connectivity index (χ1n) is 11.3. The number of rotatable bonds is 15. The first kappa shape index (κ1) is 28.1. The van der Waals surface area contributed by atoms with E-state index in [1.165, 1.54) is 0 Å². The van der Waals surface area contributed by atoms with Crippen LogP contribution in [0.2, 0.25) is 0 Å². The molecule has 0 radical (unpaired) electrons. The average molecular weight is 464 g/mol. The summed E-state index contributed by atoms with van der Waals surface area (Å²) in [5.74, 6) is -2.98. The molecule has 33 heavy (non-hydrogen) atoms. The molecule has 4 atom stereocenters. The van der Waals surface area contributed by atoms with Gasteiger partial charge in [-0.25, -0.2) is 4.79 Å². The molecule has 0 saturated heterocycles. The van der Waals surface area contributed by atoms with E-state index < -0.39 is 41.8 Å². The zero-order valence-electron chi connectivity index (χ0n) is 19.4. The number of nitrogens with one attached hydrogen (secondary N) is 3. The van der Waals surface area contributed by atoms with Crippen molar-refractivity contribution < 1.29 is 24.3 Å². The highest BCUT2D eigenvalue weighted by Crippen LogP contribution is 2.11. The SMILES string of the molecule is CCC(C)C(NC(=O)CN)C(=O)NC(Cc1ccccc1)C(=O)NC(CCCCN)C(=O)O. The number of carbonyl (C=O) groups is 4. The first-order valence-corrected chi connectivity index (χ1v) is 11.3. The number of carboxylic acids is 1. The van der Waals surface area contributed by atoms with Crippen LogP contribution in [0.4, 0.5) is 0 Å². The summed E-state index contributed by atoms with van der Waals surface area (Å²) >= 11 is 0. The Kier molecular flexibility index (Phi) is 12.7. The van der Waals surface area contributed by atoms with Gasteiger partial charge in [-0.15, -0.1) is 0 Å². The van der Waals surface area contributed by atoms with Crippen molar-refractivity contribution in [2.45, 2.75) is 64.1 Å². The second kappa shape index (κ2) is 15.0. The number of benzene rings is 1. The predicted octanol–water partition coefficient (Wildman–Crippen LogP) is -0.0981. The van der Waals surface area contributed by atoms with Gasteiger partial charge in [-0.2, -0.15) is 0 Å². The van der Waals surface area contributed by atoms with E-state index in [-0.39, 0.29) is 25.3 Å². The van der Waals surface area contributed by atoms with Gasteiger partial charge in [-0.3, -0.25) is 14.4 Å². The average Bonchev–Trinajstić information content (AvgIpc) is 2.81. The molecule has 0 bridgehead atoms. The molecule has 0 saturated carbocycles. The lowest BCUT2D eigenvalue weighted by Crippen LogP contribution is -2.58. The Morgan fingerprint density at radius 1 is 0.939 bits per heavy atom. The van der Waals surface area contributed by atoms with Gasteiger partial charge in [0.1, 0.15) is 18.1 Å². The summed E-state index contributed by atoms with van der Waals surface area (Å²) < 4.78 is 0. The second-order valence-electron chi connectivity index (χ2n) is 8.07. The summed E-state index contributed by atoms with van der Waals surface area (Å²) in [6.45, 7) is 3.85. The molecular weight excluding hydrogens is 426 g/mol. The van der Waals surface area contributed by atoms with E-state index in [4.69, 9.17) is 11.5 Å². The fourth-order valence-electron chi connectivity index (χ4n) is 3.28. The molecule has 10 heteroatoms. The lowest BCUT2D eigenvalue weighted by Gasteiger charge is -2.27. The molecule has 0 heterocycles. The Morgan fingerprint density at radius 2 is 1.58 bits per heavy atom. The molecule has 10 nitrogen and oxygen atoms in total. The van der Waals surface area contributed by atoms with Crippen LogP contribution >= 0.6 is 0 Å². The molecule has 3 amide bonds. The number of carbonyl (C=O) groups excluding carboxylic acids is 3. The van der Waals surface area contributed by atoms with Gasteiger partial charge in [-0.05, 0) is 37.3 Å². The Bertz CT molecular complexity index is 774. The van der Waals surface area contributed by atoms with Crippen LogP contribution in [0.25, 0.3) is 0 Å². The summed E-state index contributed by atoms with van der Waals surface area (Å²) in [6.07, 6.45) is 2.19. The minimum Gasteiger partial charge on any atom is -0.480 e. The maximum absolute atomic E-state index is 13.1. The van der Waals surface area contributed by atoms with Crippen LogP contribution in [0, 0.1) is 5.92 Å². The van der Waals surface area contributed by atoms with Crippen molar-refractivity contribution in [2.24, 2.45) is 17.4 Å². The molecule has 1 rings (SSSR count). The van der Waals surface area contributed by atoms with Crippen LogP contribution in [0.5, 0.6) is 0 Å². The summed E-state index contributed by atoms with van der Waals surface area (Å²) in [6, 6.07) is 6.06. The highest BCUT2D eigenvalue weighted by atomic mass is 16.4. The lowest BCUT2D eigenvalue weighted by molar-refractivity contribution is -0.142. The third-order valence-electron chi connectivity index (χ3n) is 5.47. The van der Waals surface area contributed by atoms with Crippen LogP contribution in [-0.4, -0.2) is 60.0 Å². The third kappa shape index (κ3) is 10.0. The molecule has 184 valence electrons. The summed E-state index contributed by atoms with van der Waals surface area (Å²) in [4.78, 5) is 49.6. The summed E-state index contributed by atoms with van der Waals surface area (Å²) in [5, 5.41) is 17.3. The third-order valence-corrected chi connectivity index (χ3v) is 5.47. The molecular formula is C23H37N5O5. The molecule has 0 aromatic heterocycles. The Morgan fingerprint density at radius 3 is 2.12 bits per heavy atom. The van der Waals surface area contributed by atoms with Gasteiger partial charge in [0.25, 0.3) is 0 Å². The van der Waals surface area contributed by atoms with Crippen molar-refractivity contribution in [3.05, 3.63) is 35.9 Å². The second-order valence-corrected chi connectivity index (χ2v) is 8.07. The van der Waals surface area contributed by atoms with Crippen LogP contribution in [0.3, 0.4) is 0 Å². The van der Waals surface area contributed by atoms with Crippen molar-refractivity contribution in [3.63, 3.8) is 0 Å². The van der Waals surface area contributed by atoms with Crippen LogP contribution in [0.15, 0.2) is 30.3 Å². The van der Waals surface area contributed by atoms with Crippen molar-refractivity contribution in [2.75, 3.05) is 13.1 Å². The molecule has 1 aromatic rings. The van der Waals surface area contributed by atoms with Crippen molar-refractivity contribution >= 4 is 23.7 Å². The number of hydrogen-bond acceptors (Lipinski definition) is 6. The molecule has 0 aliphatic rings. The van der Waals surface area contributed by atoms with Crippen LogP contribution < -0.4 is 27.4 Å². The minimum absolute atomic E-state index is 0.158. The topological polar surface area (TPSA) is 177 Å². The molecule has 0 fully saturated rings. The molecule has 0 aliphatic heterocycles. The molecule has 4 unspecified atom stereocenters. The zero-order valence-corrected chi connectivity index (χ0v) is 19.4. The Labute approximate surface area is 194 Å². The van der Waals surface area contributed by atoms with Crippen molar-refractivity contribution in [1.82, 2.24) is 16.0 Å². The van der Waals surface area contributed by atoms with Crippen LogP contribution in [-0.2, 0) is 25.6 Å². The number of amides is 3. The number of nitrogens with two attached hydrogens (primary N) is 2. The van der Waals surface area contributed by atoms with E-state index in [1.807, 2.05) is 44.2 Å². The normalized spacial score (nSPS) is 14.4. The lowest BCUT2D eigenvalue weighted by atomic mass is 9.97. The number of unbranched alkanes of at least 4 members (excludes halogenated alkanes) is 1. The Balaban J connectivity index is 3.06. The maximum atomic E-state index is 13.1.